The molecule has 0 unspecified atom stereocenters. The van der Waals surface area contributed by atoms with Gasteiger partial charge in [-0.3, -0.25) is 13.9 Å². The number of benzene rings is 2. The molecule has 0 aliphatic heterocycles. The molecule has 9 nitrogen and oxygen atoms in total. The van der Waals surface area contributed by atoms with Crippen molar-refractivity contribution in [3.8, 4) is 11.5 Å². The predicted molar refractivity (Wildman–Crippen MR) is 145 cm³/mol. The molecule has 2 amide bonds. The first-order valence-electron chi connectivity index (χ1n) is 12.3. The quantitative estimate of drug-likeness (QED) is 0.423. The standard InChI is InChI=1S/C27H39N3O6S/c1-8-20(4)28-27(32)23(9-2)29(17-21-12-10-19(3)11-13-21)26(31)18-30(37(7,33)34)22-14-15-24(35-5)25(16-22)36-6/h10-16,20,23H,8-9,17-18H2,1-7H3,(H,28,32)/t20-,23+/m1/s1. The number of carbonyl (C=O) groups excluding carboxylic acids is 2. The number of amides is 2. The Morgan fingerprint density at radius 2 is 1.59 bits per heavy atom. The van der Waals surface area contributed by atoms with Gasteiger partial charge in [0.25, 0.3) is 0 Å². The Morgan fingerprint density at radius 1 is 0.973 bits per heavy atom. The minimum atomic E-state index is -3.86. The Balaban J connectivity index is 2.48. The maximum Gasteiger partial charge on any atom is 0.244 e. The fourth-order valence-electron chi connectivity index (χ4n) is 3.84. The number of hydrogen-bond acceptors (Lipinski definition) is 6. The summed E-state index contributed by atoms with van der Waals surface area (Å²) >= 11 is 0. The van der Waals surface area contributed by atoms with E-state index in [2.05, 4.69) is 5.32 Å². The number of aryl methyl sites for hydroxylation is 1. The highest BCUT2D eigenvalue weighted by Gasteiger charge is 2.32. The van der Waals surface area contributed by atoms with Crippen LogP contribution in [0.2, 0.25) is 0 Å². The summed E-state index contributed by atoms with van der Waals surface area (Å²) in [4.78, 5) is 28.4. The number of nitrogens with zero attached hydrogens (tertiary/aromatic N) is 2. The molecule has 0 spiro atoms. The molecular formula is C27H39N3O6S. The lowest BCUT2D eigenvalue weighted by molar-refractivity contribution is -0.140. The third kappa shape index (κ3) is 8.11. The minimum Gasteiger partial charge on any atom is -0.493 e. The second-order valence-electron chi connectivity index (χ2n) is 9.06. The van der Waals surface area contributed by atoms with E-state index in [1.165, 1.54) is 25.2 Å². The Labute approximate surface area is 220 Å². The van der Waals surface area contributed by atoms with Gasteiger partial charge in [0.15, 0.2) is 11.5 Å². The summed E-state index contributed by atoms with van der Waals surface area (Å²) in [6.45, 7) is 7.35. The van der Waals surface area contributed by atoms with Gasteiger partial charge < -0.3 is 19.7 Å². The number of ether oxygens (including phenoxy) is 2. The third-order valence-electron chi connectivity index (χ3n) is 6.19. The molecule has 0 aliphatic carbocycles. The van der Waals surface area contributed by atoms with Gasteiger partial charge in [-0.25, -0.2) is 8.42 Å². The van der Waals surface area contributed by atoms with Crippen LogP contribution in [0.3, 0.4) is 0 Å². The Bertz CT molecular complexity index is 1170. The molecule has 37 heavy (non-hydrogen) atoms. The lowest BCUT2D eigenvalue weighted by Crippen LogP contribution is -2.53. The molecule has 2 rings (SSSR count). The largest absolute Gasteiger partial charge is 0.493 e. The van der Waals surface area contributed by atoms with Crippen LogP contribution in [0.4, 0.5) is 5.69 Å². The molecule has 10 heteroatoms. The highest BCUT2D eigenvalue weighted by molar-refractivity contribution is 7.92. The Hall–Kier alpha value is -3.27. The van der Waals surface area contributed by atoms with Gasteiger partial charge in [0, 0.05) is 18.7 Å². The van der Waals surface area contributed by atoms with E-state index in [1.807, 2.05) is 52.0 Å². The highest BCUT2D eigenvalue weighted by Crippen LogP contribution is 2.32. The fraction of sp³-hybridized carbons (Fsp3) is 0.481. The van der Waals surface area contributed by atoms with Crippen molar-refractivity contribution in [2.24, 2.45) is 0 Å². The summed E-state index contributed by atoms with van der Waals surface area (Å²) in [5, 5.41) is 2.96. The van der Waals surface area contributed by atoms with Crippen LogP contribution >= 0.6 is 0 Å². The van der Waals surface area contributed by atoms with E-state index in [-0.39, 0.29) is 24.2 Å². The summed E-state index contributed by atoms with van der Waals surface area (Å²) in [7, 11) is -0.929. The van der Waals surface area contributed by atoms with E-state index in [9.17, 15) is 18.0 Å². The van der Waals surface area contributed by atoms with Crippen LogP contribution in [0.5, 0.6) is 11.5 Å². The van der Waals surface area contributed by atoms with Gasteiger partial charge >= 0.3 is 0 Å². The van der Waals surface area contributed by atoms with Gasteiger partial charge in [0.2, 0.25) is 21.8 Å². The van der Waals surface area contributed by atoms with Crippen LogP contribution in [0.15, 0.2) is 42.5 Å². The number of anilines is 1. The van der Waals surface area contributed by atoms with Gasteiger partial charge in [0.05, 0.1) is 26.2 Å². The normalized spacial score (nSPS) is 12.8. The summed E-state index contributed by atoms with van der Waals surface area (Å²) in [6.07, 6.45) is 2.15. The number of carbonyl (C=O) groups is 2. The third-order valence-corrected chi connectivity index (χ3v) is 7.34. The molecule has 0 saturated heterocycles. The van der Waals surface area contributed by atoms with Gasteiger partial charge in [-0.1, -0.05) is 43.7 Å². The molecule has 1 N–H and O–H groups in total. The first-order chi connectivity index (χ1) is 17.4. The highest BCUT2D eigenvalue weighted by atomic mass is 32.2. The molecule has 2 aromatic rings. The fourth-order valence-corrected chi connectivity index (χ4v) is 4.69. The summed E-state index contributed by atoms with van der Waals surface area (Å²) in [6, 6.07) is 11.5. The van der Waals surface area contributed by atoms with Crippen molar-refractivity contribution in [2.75, 3.05) is 31.3 Å². The molecule has 0 bridgehead atoms. The lowest BCUT2D eigenvalue weighted by atomic mass is 10.1. The van der Waals surface area contributed by atoms with E-state index >= 15 is 0 Å². The van der Waals surface area contributed by atoms with Crippen molar-refractivity contribution in [2.45, 2.75) is 59.2 Å². The zero-order valence-electron chi connectivity index (χ0n) is 22.8. The van der Waals surface area contributed by atoms with Gasteiger partial charge in [-0.05, 0) is 44.4 Å². The topological polar surface area (TPSA) is 105 Å². The van der Waals surface area contributed by atoms with Gasteiger partial charge in [0.1, 0.15) is 12.6 Å². The molecule has 2 aromatic carbocycles. The first kappa shape index (κ1) is 30.0. The number of hydrogen-bond donors (Lipinski definition) is 1. The molecule has 0 aromatic heterocycles. The van der Waals surface area contributed by atoms with Crippen LogP contribution < -0.4 is 19.1 Å². The van der Waals surface area contributed by atoms with Gasteiger partial charge in [-0.2, -0.15) is 0 Å². The summed E-state index contributed by atoms with van der Waals surface area (Å²) in [5.41, 5.74) is 2.16. The van der Waals surface area contributed by atoms with E-state index in [4.69, 9.17) is 9.47 Å². The maximum atomic E-state index is 13.8. The predicted octanol–water partition coefficient (Wildman–Crippen LogP) is 3.50. The number of sulfonamides is 1. The summed E-state index contributed by atoms with van der Waals surface area (Å²) in [5.74, 6) is -0.00182. The molecule has 0 saturated carbocycles. The maximum absolute atomic E-state index is 13.8. The first-order valence-corrected chi connectivity index (χ1v) is 14.1. The average molecular weight is 534 g/mol. The van der Waals surface area contributed by atoms with Crippen molar-refractivity contribution < 1.29 is 27.5 Å². The zero-order valence-corrected chi connectivity index (χ0v) is 23.6. The molecule has 0 heterocycles. The second-order valence-corrected chi connectivity index (χ2v) is 11.0. The van der Waals surface area contributed by atoms with Crippen molar-refractivity contribution in [3.63, 3.8) is 0 Å². The Morgan fingerprint density at radius 3 is 2.11 bits per heavy atom. The van der Waals surface area contributed by atoms with Crippen molar-refractivity contribution >= 4 is 27.5 Å². The number of nitrogens with one attached hydrogen (secondary N) is 1. The van der Waals surface area contributed by atoms with Crippen LogP contribution in [0, 0.1) is 6.92 Å². The van der Waals surface area contributed by atoms with Gasteiger partial charge in [-0.15, -0.1) is 0 Å². The number of methoxy groups -OCH3 is 2. The lowest BCUT2D eigenvalue weighted by Gasteiger charge is -2.33. The molecule has 0 aliphatic rings. The van der Waals surface area contributed by atoms with Crippen molar-refractivity contribution in [1.29, 1.82) is 0 Å². The molecule has 0 radical (unpaired) electrons. The monoisotopic (exact) mass is 533 g/mol. The molecule has 204 valence electrons. The van der Waals surface area contributed by atoms with E-state index in [0.29, 0.717) is 17.9 Å². The van der Waals surface area contributed by atoms with Crippen LogP contribution in [0.25, 0.3) is 0 Å². The van der Waals surface area contributed by atoms with Crippen LogP contribution in [0.1, 0.15) is 44.7 Å². The minimum absolute atomic E-state index is 0.0582. The Kier molecular flexibility index (Phi) is 10.8. The zero-order chi connectivity index (χ0) is 27.8. The van der Waals surface area contributed by atoms with E-state index in [0.717, 1.165) is 28.1 Å². The van der Waals surface area contributed by atoms with Crippen LogP contribution in [-0.2, 0) is 26.2 Å². The molecule has 2 atom stereocenters. The van der Waals surface area contributed by atoms with Crippen molar-refractivity contribution in [3.05, 3.63) is 53.6 Å². The second kappa shape index (κ2) is 13.3. The average Bonchev–Trinajstić information content (AvgIpc) is 2.86. The van der Waals surface area contributed by atoms with Crippen molar-refractivity contribution in [1.82, 2.24) is 10.2 Å². The van der Waals surface area contributed by atoms with E-state index in [1.54, 1.807) is 12.1 Å². The summed E-state index contributed by atoms with van der Waals surface area (Å²) < 4.78 is 37.2. The SMILES string of the molecule is CC[C@@H](C)NC(=O)[C@H](CC)N(Cc1ccc(C)cc1)C(=O)CN(c1ccc(OC)c(OC)c1)S(C)(=O)=O. The number of rotatable bonds is 13. The molecule has 0 fully saturated rings. The molecular weight excluding hydrogens is 494 g/mol. The van der Waals surface area contributed by atoms with E-state index < -0.39 is 28.5 Å². The van der Waals surface area contributed by atoms with Crippen LogP contribution in [-0.4, -0.2) is 64.2 Å². The smallest absolute Gasteiger partial charge is 0.244 e.